The number of aliphatic hydroxyl groups excluding tert-OH is 1. The van der Waals surface area contributed by atoms with Crippen LogP contribution in [0.2, 0.25) is 5.02 Å². The van der Waals surface area contributed by atoms with Crippen LogP contribution in [0.1, 0.15) is 18.9 Å². The maximum atomic E-state index is 9.02. The molecule has 1 aromatic rings. The number of hydrogen-bond acceptors (Lipinski definition) is 3. The molecular formula is C12H15ClO2S. The Hall–Kier alpha value is -0.220. The van der Waals surface area contributed by atoms with Crippen LogP contribution in [0.4, 0.5) is 0 Å². The van der Waals surface area contributed by atoms with Crippen LogP contribution < -0.4 is 0 Å². The van der Waals surface area contributed by atoms with E-state index in [1.807, 2.05) is 18.2 Å². The van der Waals surface area contributed by atoms with Gasteiger partial charge in [-0.1, -0.05) is 17.7 Å². The van der Waals surface area contributed by atoms with Crippen LogP contribution in [-0.4, -0.2) is 23.1 Å². The second-order valence-corrected chi connectivity index (χ2v) is 5.65. The van der Waals surface area contributed by atoms with Gasteiger partial charge in [-0.15, -0.1) is 11.8 Å². The fraction of sp³-hybridized carbons (Fsp3) is 0.500. The molecule has 4 heteroatoms. The third-order valence-electron chi connectivity index (χ3n) is 2.79. The highest BCUT2D eigenvalue weighted by Gasteiger charge is 2.25. The van der Waals surface area contributed by atoms with E-state index in [1.54, 1.807) is 11.8 Å². The Labute approximate surface area is 105 Å². The summed E-state index contributed by atoms with van der Waals surface area (Å²) in [7, 11) is 0. The van der Waals surface area contributed by atoms with E-state index >= 15 is 0 Å². The number of benzene rings is 1. The van der Waals surface area contributed by atoms with Gasteiger partial charge >= 0.3 is 0 Å². The number of thioether (sulfide) groups is 1. The van der Waals surface area contributed by atoms with Crippen LogP contribution in [0, 0.1) is 0 Å². The summed E-state index contributed by atoms with van der Waals surface area (Å²) in [5, 5.41) is 10.2. The van der Waals surface area contributed by atoms with Crippen molar-refractivity contribution in [3.05, 3.63) is 28.8 Å². The van der Waals surface area contributed by atoms with Crippen LogP contribution in [0.5, 0.6) is 0 Å². The van der Waals surface area contributed by atoms with Crippen LogP contribution in [0.25, 0.3) is 0 Å². The maximum absolute atomic E-state index is 9.02. The van der Waals surface area contributed by atoms with Crippen LogP contribution in [0.3, 0.4) is 0 Å². The van der Waals surface area contributed by atoms with Gasteiger partial charge in [0.05, 0.1) is 12.7 Å². The molecule has 2 rings (SSSR count). The van der Waals surface area contributed by atoms with Gasteiger partial charge in [-0.05, 0) is 31.0 Å². The Morgan fingerprint density at radius 1 is 1.56 bits per heavy atom. The molecule has 1 aliphatic rings. The van der Waals surface area contributed by atoms with E-state index in [0.717, 1.165) is 23.5 Å². The Kier molecular flexibility index (Phi) is 4.14. The Morgan fingerprint density at radius 2 is 2.38 bits per heavy atom. The zero-order valence-electron chi connectivity index (χ0n) is 9.15. The number of hydrogen-bond donors (Lipinski definition) is 1. The third kappa shape index (κ3) is 2.72. The minimum absolute atomic E-state index is 0.00722. The average Bonchev–Trinajstić information content (AvgIpc) is 2.65. The highest BCUT2D eigenvalue weighted by Crippen LogP contribution is 2.34. The van der Waals surface area contributed by atoms with Crippen molar-refractivity contribution in [2.24, 2.45) is 0 Å². The van der Waals surface area contributed by atoms with Crippen molar-refractivity contribution in [1.29, 1.82) is 0 Å². The first-order chi connectivity index (χ1) is 7.70. The number of halogens is 1. The molecule has 1 saturated heterocycles. The summed E-state index contributed by atoms with van der Waals surface area (Å²) in [6.45, 7) is 2.95. The van der Waals surface area contributed by atoms with E-state index in [4.69, 9.17) is 21.4 Å². The number of rotatable bonds is 3. The van der Waals surface area contributed by atoms with Crippen molar-refractivity contribution in [2.45, 2.75) is 36.2 Å². The van der Waals surface area contributed by atoms with E-state index in [0.29, 0.717) is 16.4 Å². The van der Waals surface area contributed by atoms with Crippen LogP contribution in [0.15, 0.2) is 23.1 Å². The lowest BCUT2D eigenvalue weighted by molar-refractivity contribution is 0.127. The maximum Gasteiger partial charge on any atom is 0.0696 e. The molecule has 0 bridgehead atoms. The zero-order chi connectivity index (χ0) is 11.5. The van der Waals surface area contributed by atoms with Crippen molar-refractivity contribution >= 4 is 23.4 Å². The molecule has 0 amide bonds. The van der Waals surface area contributed by atoms with Crippen molar-refractivity contribution in [2.75, 3.05) is 6.61 Å². The van der Waals surface area contributed by atoms with E-state index < -0.39 is 0 Å². The van der Waals surface area contributed by atoms with Gasteiger partial charge in [0.25, 0.3) is 0 Å². The molecule has 2 atom stereocenters. The second-order valence-electron chi connectivity index (χ2n) is 3.93. The summed E-state index contributed by atoms with van der Waals surface area (Å²) >= 11 is 7.85. The molecule has 1 N–H and O–H groups in total. The van der Waals surface area contributed by atoms with Gasteiger partial charge in [-0.2, -0.15) is 0 Å². The lowest BCUT2D eigenvalue weighted by atomic mass is 10.2. The molecule has 2 unspecified atom stereocenters. The van der Waals surface area contributed by atoms with Gasteiger partial charge in [0, 0.05) is 21.8 Å². The summed E-state index contributed by atoms with van der Waals surface area (Å²) in [4.78, 5) is 1.14. The first-order valence-corrected chi connectivity index (χ1v) is 6.64. The van der Waals surface area contributed by atoms with Gasteiger partial charge in [0.2, 0.25) is 0 Å². The Morgan fingerprint density at radius 3 is 2.94 bits per heavy atom. The van der Waals surface area contributed by atoms with Crippen molar-refractivity contribution in [3.8, 4) is 0 Å². The summed E-state index contributed by atoms with van der Waals surface area (Å²) in [5.74, 6) is 0. The second kappa shape index (κ2) is 5.41. The molecule has 1 fully saturated rings. The van der Waals surface area contributed by atoms with Gasteiger partial charge in [-0.3, -0.25) is 0 Å². The van der Waals surface area contributed by atoms with Crippen LogP contribution in [-0.2, 0) is 11.3 Å². The normalized spacial score (nSPS) is 24.9. The highest BCUT2D eigenvalue weighted by atomic mass is 35.5. The minimum Gasteiger partial charge on any atom is -0.392 e. The van der Waals surface area contributed by atoms with Crippen molar-refractivity contribution in [1.82, 2.24) is 0 Å². The monoisotopic (exact) mass is 258 g/mol. The molecule has 0 spiro atoms. The standard InChI is InChI=1S/C12H15ClO2S/c1-8-12(4-5-15-8)16-10-3-2-9(7-14)11(13)6-10/h2-3,6,8,12,14H,4-5,7H2,1H3. The molecule has 16 heavy (non-hydrogen) atoms. The zero-order valence-corrected chi connectivity index (χ0v) is 10.7. The summed E-state index contributed by atoms with van der Waals surface area (Å²) < 4.78 is 5.52. The van der Waals surface area contributed by atoms with Gasteiger partial charge in [0.1, 0.15) is 0 Å². The van der Waals surface area contributed by atoms with Crippen molar-refractivity contribution < 1.29 is 9.84 Å². The Bertz CT molecular complexity index is 370. The SMILES string of the molecule is CC1OCCC1Sc1ccc(CO)c(Cl)c1. The van der Waals surface area contributed by atoms with Gasteiger partial charge < -0.3 is 9.84 Å². The summed E-state index contributed by atoms with van der Waals surface area (Å²) in [6.07, 6.45) is 1.40. The molecule has 0 radical (unpaired) electrons. The molecule has 2 nitrogen and oxygen atoms in total. The highest BCUT2D eigenvalue weighted by molar-refractivity contribution is 8.00. The van der Waals surface area contributed by atoms with Gasteiger partial charge in [0.15, 0.2) is 0 Å². The number of ether oxygens (including phenoxy) is 1. The van der Waals surface area contributed by atoms with E-state index in [9.17, 15) is 0 Å². The summed E-state index contributed by atoms with van der Waals surface area (Å²) in [6, 6.07) is 5.81. The average molecular weight is 259 g/mol. The first kappa shape index (κ1) is 12.2. The minimum atomic E-state index is -0.00722. The summed E-state index contributed by atoms with van der Waals surface area (Å²) in [5.41, 5.74) is 0.779. The lowest BCUT2D eigenvalue weighted by Gasteiger charge is -2.14. The fourth-order valence-electron chi connectivity index (χ4n) is 1.77. The number of aliphatic hydroxyl groups is 1. The van der Waals surface area contributed by atoms with Crippen molar-refractivity contribution in [3.63, 3.8) is 0 Å². The molecule has 88 valence electrons. The fourth-order valence-corrected chi connectivity index (χ4v) is 3.24. The molecule has 1 aromatic carbocycles. The molecule has 1 aliphatic heterocycles. The van der Waals surface area contributed by atoms with E-state index in [-0.39, 0.29) is 6.61 Å². The smallest absolute Gasteiger partial charge is 0.0696 e. The van der Waals surface area contributed by atoms with Gasteiger partial charge in [-0.25, -0.2) is 0 Å². The van der Waals surface area contributed by atoms with Crippen LogP contribution >= 0.6 is 23.4 Å². The predicted molar refractivity (Wildman–Crippen MR) is 67.1 cm³/mol. The predicted octanol–water partition coefficient (Wildman–Crippen LogP) is 3.10. The first-order valence-electron chi connectivity index (χ1n) is 5.38. The molecule has 0 saturated carbocycles. The molecular weight excluding hydrogens is 244 g/mol. The quantitative estimate of drug-likeness (QED) is 0.904. The molecule has 1 heterocycles. The molecule has 0 aliphatic carbocycles. The third-order valence-corrected chi connectivity index (χ3v) is 4.59. The largest absolute Gasteiger partial charge is 0.392 e. The van der Waals surface area contributed by atoms with E-state index in [2.05, 4.69) is 6.92 Å². The topological polar surface area (TPSA) is 29.5 Å². The molecule has 0 aromatic heterocycles. The lowest BCUT2D eigenvalue weighted by Crippen LogP contribution is -2.12. The van der Waals surface area contributed by atoms with E-state index in [1.165, 1.54) is 0 Å². The Balaban J connectivity index is 2.07.